The van der Waals surface area contributed by atoms with Crippen molar-refractivity contribution in [2.75, 3.05) is 0 Å². The van der Waals surface area contributed by atoms with Gasteiger partial charge in [-0.05, 0) is 0 Å². The van der Waals surface area contributed by atoms with Crippen LogP contribution in [0.1, 0.15) is 119 Å². The van der Waals surface area contributed by atoms with E-state index in [0.717, 1.165) is 0 Å². The molecule has 0 aliphatic heterocycles. The molecular formula is C26H44Cl3NO2Ru. The van der Waals surface area contributed by atoms with E-state index in [0.29, 0.717) is 6.04 Å². The van der Waals surface area contributed by atoms with Crippen LogP contribution in [0.3, 0.4) is 0 Å². The van der Waals surface area contributed by atoms with E-state index in [2.05, 4.69) is 78.7 Å². The van der Waals surface area contributed by atoms with E-state index in [4.69, 9.17) is 9.59 Å². The minimum Gasteiger partial charge on any atom is -1.00 e. The molecule has 1 rings (SSSR count). The van der Waals surface area contributed by atoms with Gasteiger partial charge in [-0.1, -0.05) is 0 Å². The Balaban J connectivity index is -0.000000353. The van der Waals surface area contributed by atoms with Crippen molar-refractivity contribution in [3.8, 4) is 0 Å². The second-order valence-electron chi connectivity index (χ2n) is 8.36. The normalized spacial score (nSPS) is 16.6. The van der Waals surface area contributed by atoms with Crippen LogP contribution in [-0.2, 0) is 27.9 Å². The molecule has 0 aromatic rings. The standard InChI is InChI=1S/C24H44N.2CO.3ClH.Ru/c1-7-11-15-21-19-24(18-14-10-4,25-20(5)6)23(17-13-9-3)22(21)16-12-8-2;2*1-2;;;;/h20,25H,7-18H2,1-6H3;;;3*1H;/q;;;;;;+3/p-3. The van der Waals surface area contributed by atoms with Crippen molar-refractivity contribution in [2.24, 2.45) is 0 Å². The van der Waals surface area contributed by atoms with E-state index in [-0.39, 0.29) is 42.8 Å². The molecule has 0 aromatic carbocycles. The summed E-state index contributed by atoms with van der Waals surface area (Å²) in [7, 11) is 0. The molecule has 0 saturated heterocycles. The van der Waals surface area contributed by atoms with Crippen molar-refractivity contribution >= 4 is 13.6 Å². The third-order valence-corrected chi connectivity index (χ3v) is 6.91. The maximum absolute atomic E-state index is 7.50. The Morgan fingerprint density at radius 1 is 0.727 bits per heavy atom. The van der Waals surface area contributed by atoms with Gasteiger partial charge < -0.3 is 37.2 Å². The van der Waals surface area contributed by atoms with Gasteiger partial charge in [-0.15, -0.1) is 0 Å². The van der Waals surface area contributed by atoms with Crippen LogP contribution >= 0.6 is 0 Å². The Morgan fingerprint density at radius 2 is 1.12 bits per heavy atom. The Labute approximate surface area is 234 Å². The summed E-state index contributed by atoms with van der Waals surface area (Å²) >= 11 is 3.09. The number of allylic oxidation sites excluding steroid dienone is 2. The van der Waals surface area contributed by atoms with Crippen molar-refractivity contribution in [3.63, 3.8) is 0 Å². The van der Waals surface area contributed by atoms with Gasteiger partial charge in [-0.25, -0.2) is 0 Å². The largest absolute Gasteiger partial charge is 1.00 e. The average Bonchev–Trinajstić information content (AvgIpc) is 2.97. The summed E-state index contributed by atoms with van der Waals surface area (Å²) in [5.74, 6) is 0. The molecule has 0 fully saturated rings. The molecule has 1 unspecified atom stereocenters. The molecule has 33 heavy (non-hydrogen) atoms. The molecule has 4 radical (unpaired) electrons. The molecule has 0 amide bonds. The minimum absolute atomic E-state index is 0. The summed E-state index contributed by atoms with van der Waals surface area (Å²) in [4.78, 5) is 15.0. The fourth-order valence-electron chi connectivity index (χ4n) is 4.35. The van der Waals surface area contributed by atoms with Crippen molar-refractivity contribution in [1.29, 1.82) is 0 Å². The van der Waals surface area contributed by atoms with E-state index in [1.807, 2.05) is 0 Å². The van der Waals surface area contributed by atoms with Crippen molar-refractivity contribution in [2.45, 2.75) is 130 Å². The third kappa shape index (κ3) is 13.8. The number of hydrogen-bond donors (Lipinski definition) is 1. The first kappa shape index (κ1) is 43.4. The number of hydrogen-bond acceptors (Lipinski definition) is 3. The Kier molecular flexibility index (Phi) is 35.3. The molecule has 0 saturated carbocycles. The molecule has 1 aliphatic rings. The van der Waals surface area contributed by atoms with Crippen LogP contribution in [0.5, 0.6) is 0 Å². The van der Waals surface area contributed by atoms with Crippen LogP contribution in [0.4, 0.5) is 0 Å². The molecule has 1 N–H and O–H groups in total. The van der Waals surface area contributed by atoms with Gasteiger partial charge in [0.2, 0.25) is 0 Å². The van der Waals surface area contributed by atoms with Crippen molar-refractivity contribution in [3.05, 3.63) is 20.9 Å². The predicted molar refractivity (Wildman–Crippen MR) is 125 cm³/mol. The van der Waals surface area contributed by atoms with Crippen LogP contribution in [0.25, 0.3) is 0 Å². The topological polar surface area (TPSA) is 46.2 Å². The SMILES string of the molecule is CCCCC1=[C]([Ru+3])C(CCCC)(NC(C)C)C(CCCC)=C1CCCC.[C]=O.[C]=O.[Cl-].[Cl-].[Cl-]. The van der Waals surface area contributed by atoms with Gasteiger partial charge in [-0.2, -0.15) is 0 Å². The van der Waals surface area contributed by atoms with Gasteiger partial charge in [-0.3, -0.25) is 9.59 Å². The summed E-state index contributed by atoms with van der Waals surface area (Å²) in [6.45, 7) is 23.0. The summed E-state index contributed by atoms with van der Waals surface area (Å²) in [5, 5.41) is 4.08. The molecular weight excluding hydrogens is 566 g/mol. The summed E-state index contributed by atoms with van der Waals surface area (Å²) in [6, 6.07) is 0.513. The minimum atomic E-state index is 0. The zero-order valence-corrected chi connectivity index (χ0v) is 25.4. The molecule has 0 spiro atoms. The fraction of sp³-hybridized carbons (Fsp3) is 0.769. The molecule has 0 heterocycles. The van der Waals surface area contributed by atoms with E-state index in [1.54, 1.807) is 20.9 Å². The van der Waals surface area contributed by atoms with Crippen molar-refractivity contribution in [1.82, 2.24) is 5.32 Å². The number of unbranched alkanes of at least 4 members (excludes halogenated alkanes) is 4. The van der Waals surface area contributed by atoms with Gasteiger partial charge in [0.1, 0.15) is 0 Å². The zero-order valence-electron chi connectivity index (χ0n) is 21.4. The summed E-state index contributed by atoms with van der Waals surface area (Å²) in [5.41, 5.74) is 5.32. The molecule has 7 heteroatoms. The van der Waals surface area contributed by atoms with Gasteiger partial charge in [0.15, 0.2) is 0 Å². The van der Waals surface area contributed by atoms with Gasteiger partial charge in [0.25, 0.3) is 13.6 Å². The number of halogens is 3. The summed E-state index contributed by atoms with van der Waals surface area (Å²) < 4.78 is 1.60. The molecule has 3 nitrogen and oxygen atoms in total. The first-order valence-electron chi connectivity index (χ1n) is 11.8. The molecule has 0 aromatic heterocycles. The van der Waals surface area contributed by atoms with Crippen LogP contribution in [-0.4, -0.2) is 25.2 Å². The first-order chi connectivity index (χ1) is 14.5. The monoisotopic (exact) mass is 609 g/mol. The molecule has 194 valence electrons. The first-order valence-corrected chi connectivity index (χ1v) is 12.6. The van der Waals surface area contributed by atoms with Crippen LogP contribution in [0.15, 0.2) is 20.9 Å². The average molecular weight is 610 g/mol. The van der Waals surface area contributed by atoms with E-state index in [1.165, 1.54) is 77.0 Å². The maximum atomic E-state index is 7.50. The van der Waals surface area contributed by atoms with Gasteiger partial charge in [0, 0.05) is 0 Å². The smallest absolute Gasteiger partial charge is 0.281 e. The van der Waals surface area contributed by atoms with Gasteiger partial charge >= 0.3 is 175 Å². The molecule has 1 aliphatic carbocycles. The van der Waals surface area contributed by atoms with E-state index in [9.17, 15) is 0 Å². The van der Waals surface area contributed by atoms with E-state index >= 15 is 0 Å². The second kappa shape index (κ2) is 26.9. The number of nitrogens with one attached hydrogen (secondary N) is 1. The van der Waals surface area contributed by atoms with Crippen LogP contribution in [0, 0.1) is 0 Å². The Morgan fingerprint density at radius 3 is 1.52 bits per heavy atom. The molecule has 1 atom stereocenters. The fourth-order valence-corrected chi connectivity index (χ4v) is 5.44. The Hall–Kier alpha value is 0.273. The predicted octanol–water partition coefficient (Wildman–Crippen LogP) is -2.19. The van der Waals surface area contributed by atoms with Crippen molar-refractivity contribution < 1.29 is 65.1 Å². The van der Waals surface area contributed by atoms with Gasteiger partial charge in [0.05, 0.1) is 0 Å². The Bertz CT molecular complexity index is 526. The van der Waals surface area contributed by atoms with Crippen LogP contribution < -0.4 is 42.5 Å². The number of rotatable bonds is 14. The molecule has 0 bridgehead atoms. The van der Waals surface area contributed by atoms with Crippen LogP contribution in [0.2, 0.25) is 0 Å². The number of carbonyl (C=O) groups excluding carboxylic acids is 2. The maximum Gasteiger partial charge on any atom is 0.281 e. The quantitative estimate of drug-likeness (QED) is 0.228. The second-order valence-corrected chi connectivity index (χ2v) is 9.23. The summed E-state index contributed by atoms with van der Waals surface area (Å²) in [6.07, 6.45) is 15.5. The van der Waals surface area contributed by atoms with E-state index < -0.39 is 0 Å². The zero-order chi connectivity index (χ0) is 23.6. The third-order valence-electron chi connectivity index (χ3n) is 5.65.